The van der Waals surface area contributed by atoms with Gasteiger partial charge in [0.15, 0.2) is 0 Å². The Hall–Kier alpha value is -1.09. The summed E-state index contributed by atoms with van der Waals surface area (Å²) in [5, 5.41) is 8.19. The van der Waals surface area contributed by atoms with Gasteiger partial charge in [-0.05, 0) is 38.8 Å². The van der Waals surface area contributed by atoms with E-state index in [1.165, 1.54) is 17.0 Å². The third kappa shape index (κ3) is 3.70. The number of aromatic nitrogens is 2. The molecule has 0 radical (unpaired) electrons. The number of nitrogens with one attached hydrogen (secondary N) is 1. The van der Waals surface area contributed by atoms with Crippen molar-refractivity contribution in [2.75, 3.05) is 6.54 Å². The number of nitrogens with zero attached hydrogens (tertiary/aromatic N) is 2. The van der Waals surface area contributed by atoms with Crippen LogP contribution in [0.25, 0.3) is 0 Å². The lowest BCUT2D eigenvalue weighted by atomic mass is 10.0. The highest BCUT2D eigenvalue weighted by molar-refractivity contribution is 5.17. The Bertz CT molecular complexity index is 379. The average Bonchev–Trinajstić information content (AvgIpc) is 2.81. The van der Waals surface area contributed by atoms with Crippen molar-refractivity contribution in [3.05, 3.63) is 29.6 Å². The fraction of sp³-hybridized carbons (Fsp3) is 0.667. The maximum atomic E-state index is 4.63. The molecule has 3 nitrogen and oxygen atoms in total. The van der Waals surface area contributed by atoms with E-state index in [0.717, 1.165) is 32.4 Å². The summed E-state index contributed by atoms with van der Waals surface area (Å²) in [6.45, 7) is 14.6. The zero-order valence-corrected chi connectivity index (χ0v) is 12.3. The van der Waals surface area contributed by atoms with E-state index in [9.17, 15) is 0 Å². The lowest BCUT2D eigenvalue weighted by Crippen LogP contribution is -2.24. The molecule has 1 aromatic heterocycles. The summed E-state index contributed by atoms with van der Waals surface area (Å²) < 4.78 is 2.12. The number of rotatable bonds is 8. The maximum absolute atomic E-state index is 4.63. The van der Waals surface area contributed by atoms with Gasteiger partial charge >= 0.3 is 0 Å². The monoisotopic (exact) mass is 249 g/mol. The largest absolute Gasteiger partial charge is 0.309 e. The summed E-state index contributed by atoms with van der Waals surface area (Å²) in [6, 6.07) is 2.58. The average molecular weight is 249 g/mol. The van der Waals surface area contributed by atoms with Crippen LogP contribution < -0.4 is 5.32 Å². The highest BCUT2D eigenvalue weighted by Crippen LogP contribution is 2.23. The van der Waals surface area contributed by atoms with E-state index in [0.29, 0.717) is 6.04 Å². The second-order valence-corrected chi connectivity index (χ2v) is 4.65. The van der Waals surface area contributed by atoms with E-state index in [-0.39, 0.29) is 0 Å². The van der Waals surface area contributed by atoms with Gasteiger partial charge in [0, 0.05) is 6.54 Å². The standard InChI is InChI=1S/C15H27N3/c1-6-12(5)10-14(16-8-3)15-11-13(7-2)17-18(15)9-4/h11,14,16H,5-10H2,1-4H3. The molecule has 1 rings (SSSR count). The Morgan fingerprint density at radius 1 is 1.39 bits per heavy atom. The van der Waals surface area contributed by atoms with Gasteiger partial charge in [0.2, 0.25) is 0 Å². The molecule has 0 saturated heterocycles. The van der Waals surface area contributed by atoms with E-state index < -0.39 is 0 Å². The number of hydrogen-bond acceptors (Lipinski definition) is 2. The first-order valence-corrected chi connectivity index (χ1v) is 7.12. The van der Waals surface area contributed by atoms with Gasteiger partial charge in [-0.2, -0.15) is 5.10 Å². The molecule has 0 aromatic carbocycles. The van der Waals surface area contributed by atoms with Gasteiger partial charge in [0.1, 0.15) is 0 Å². The van der Waals surface area contributed by atoms with Gasteiger partial charge in [0.25, 0.3) is 0 Å². The van der Waals surface area contributed by atoms with E-state index in [4.69, 9.17) is 0 Å². The SMILES string of the molecule is C=C(CC)CC(NCC)c1cc(CC)nn1CC. The third-order valence-electron chi connectivity index (χ3n) is 3.32. The molecule has 0 amide bonds. The molecule has 102 valence electrons. The van der Waals surface area contributed by atoms with Crippen molar-refractivity contribution in [3.63, 3.8) is 0 Å². The van der Waals surface area contributed by atoms with Crippen LogP contribution >= 0.6 is 0 Å². The van der Waals surface area contributed by atoms with Crippen molar-refractivity contribution in [2.45, 2.75) is 59.5 Å². The van der Waals surface area contributed by atoms with Crippen LogP contribution in [0.3, 0.4) is 0 Å². The van der Waals surface area contributed by atoms with Gasteiger partial charge in [-0.1, -0.05) is 32.9 Å². The molecule has 0 fully saturated rings. The van der Waals surface area contributed by atoms with E-state index in [1.54, 1.807) is 0 Å². The van der Waals surface area contributed by atoms with Crippen LogP contribution in [0.2, 0.25) is 0 Å². The summed E-state index contributed by atoms with van der Waals surface area (Å²) in [5.41, 5.74) is 3.77. The smallest absolute Gasteiger partial charge is 0.0625 e. The Labute approximate surface area is 111 Å². The molecule has 1 aromatic rings. The molecule has 0 aliphatic rings. The highest BCUT2D eigenvalue weighted by Gasteiger charge is 2.17. The Morgan fingerprint density at radius 3 is 2.61 bits per heavy atom. The second kappa shape index (κ2) is 7.37. The lowest BCUT2D eigenvalue weighted by Gasteiger charge is -2.19. The minimum Gasteiger partial charge on any atom is -0.309 e. The predicted molar refractivity (Wildman–Crippen MR) is 77.7 cm³/mol. The van der Waals surface area contributed by atoms with Gasteiger partial charge < -0.3 is 5.32 Å². The summed E-state index contributed by atoms with van der Waals surface area (Å²) in [4.78, 5) is 0. The molecule has 18 heavy (non-hydrogen) atoms. The summed E-state index contributed by atoms with van der Waals surface area (Å²) in [5.74, 6) is 0. The first-order valence-electron chi connectivity index (χ1n) is 7.12. The first kappa shape index (κ1) is 15.0. The predicted octanol–water partition coefficient (Wildman–Crippen LogP) is 3.47. The van der Waals surface area contributed by atoms with Crippen LogP contribution in [0.15, 0.2) is 18.2 Å². The topological polar surface area (TPSA) is 29.9 Å². The summed E-state index contributed by atoms with van der Waals surface area (Å²) in [6.07, 6.45) is 3.04. The van der Waals surface area contributed by atoms with Gasteiger partial charge in [-0.15, -0.1) is 0 Å². The molecule has 1 N–H and O–H groups in total. The first-order chi connectivity index (χ1) is 8.65. The van der Waals surface area contributed by atoms with Gasteiger partial charge in [0.05, 0.1) is 17.4 Å². The minimum atomic E-state index is 0.343. The van der Waals surface area contributed by atoms with Crippen molar-refractivity contribution in [3.8, 4) is 0 Å². The van der Waals surface area contributed by atoms with E-state index in [1.807, 2.05) is 0 Å². The summed E-state index contributed by atoms with van der Waals surface area (Å²) in [7, 11) is 0. The number of aryl methyl sites for hydroxylation is 2. The number of hydrogen-bond donors (Lipinski definition) is 1. The highest BCUT2D eigenvalue weighted by atomic mass is 15.3. The molecule has 0 aliphatic heterocycles. The molecule has 0 bridgehead atoms. The third-order valence-corrected chi connectivity index (χ3v) is 3.32. The van der Waals surface area contributed by atoms with Crippen LogP contribution in [0.5, 0.6) is 0 Å². The van der Waals surface area contributed by atoms with E-state index >= 15 is 0 Å². The Kier molecular flexibility index (Phi) is 6.13. The zero-order chi connectivity index (χ0) is 13.5. The lowest BCUT2D eigenvalue weighted by molar-refractivity contribution is 0.485. The van der Waals surface area contributed by atoms with Crippen LogP contribution in [0.1, 0.15) is 58.0 Å². The fourth-order valence-corrected chi connectivity index (χ4v) is 2.15. The van der Waals surface area contributed by atoms with Crippen LogP contribution in [0, 0.1) is 0 Å². The van der Waals surface area contributed by atoms with Crippen molar-refractivity contribution >= 4 is 0 Å². The molecular weight excluding hydrogens is 222 g/mol. The molecule has 1 atom stereocenters. The van der Waals surface area contributed by atoms with Crippen LogP contribution in [0.4, 0.5) is 0 Å². The second-order valence-electron chi connectivity index (χ2n) is 4.65. The Morgan fingerprint density at radius 2 is 2.11 bits per heavy atom. The van der Waals surface area contributed by atoms with Crippen LogP contribution in [-0.2, 0) is 13.0 Å². The maximum Gasteiger partial charge on any atom is 0.0625 e. The molecular formula is C15H27N3. The van der Waals surface area contributed by atoms with E-state index in [2.05, 4.69) is 55.4 Å². The Balaban J connectivity index is 2.96. The van der Waals surface area contributed by atoms with Gasteiger partial charge in [-0.3, -0.25) is 4.68 Å². The summed E-state index contributed by atoms with van der Waals surface area (Å²) >= 11 is 0. The fourth-order valence-electron chi connectivity index (χ4n) is 2.15. The quantitative estimate of drug-likeness (QED) is 0.715. The molecule has 3 heteroatoms. The molecule has 0 aliphatic carbocycles. The molecule has 1 unspecified atom stereocenters. The van der Waals surface area contributed by atoms with Crippen LogP contribution in [-0.4, -0.2) is 16.3 Å². The zero-order valence-electron chi connectivity index (χ0n) is 12.3. The van der Waals surface area contributed by atoms with Crippen molar-refractivity contribution in [1.29, 1.82) is 0 Å². The normalized spacial score (nSPS) is 12.7. The molecule has 0 saturated carbocycles. The van der Waals surface area contributed by atoms with Crippen molar-refractivity contribution < 1.29 is 0 Å². The minimum absolute atomic E-state index is 0.343. The van der Waals surface area contributed by atoms with Gasteiger partial charge in [-0.25, -0.2) is 0 Å². The molecule has 0 spiro atoms. The molecule has 1 heterocycles. The van der Waals surface area contributed by atoms with Crippen molar-refractivity contribution in [2.24, 2.45) is 0 Å². The van der Waals surface area contributed by atoms with Crippen molar-refractivity contribution in [1.82, 2.24) is 15.1 Å².